The van der Waals surface area contributed by atoms with Crippen LogP contribution in [-0.4, -0.2) is 43.3 Å². The van der Waals surface area contributed by atoms with Gasteiger partial charge in [0, 0.05) is 0 Å². The van der Waals surface area contributed by atoms with Crippen LogP contribution in [0.1, 0.15) is 53.9 Å². The lowest BCUT2D eigenvalue weighted by Gasteiger charge is -2.21. The molecule has 0 aromatic heterocycles. The summed E-state index contributed by atoms with van der Waals surface area (Å²) in [5, 5.41) is 2.62. The van der Waals surface area contributed by atoms with Gasteiger partial charge in [-0.1, -0.05) is 34.6 Å². The highest BCUT2D eigenvalue weighted by molar-refractivity contribution is 7.98. The van der Waals surface area contributed by atoms with Crippen LogP contribution < -0.4 is 5.32 Å². The first-order valence-corrected chi connectivity index (χ1v) is 9.64. The van der Waals surface area contributed by atoms with Crippen LogP contribution in [-0.2, 0) is 14.3 Å². The number of thioether (sulfide) groups is 1. The Hall–Kier alpha value is -0.910. The van der Waals surface area contributed by atoms with Crippen LogP contribution in [0.25, 0.3) is 0 Å². The van der Waals surface area contributed by atoms with E-state index in [0.717, 1.165) is 18.6 Å². The summed E-state index contributed by atoms with van der Waals surface area (Å²) in [6.07, 6.45) is 3.79. The zero-order valence-electron chi connectivity index (χ0n) is 15.4. The summed E-state index contributed by atoms with van der Waals surface area (Å²) >= 11 is 1.62. The van der Waals surface area contributed by atoms with E-state index in [1.165, 1.54) is 0 Å². The molecule has 0 radical (unpaired) electrons. The van der Waals surface area contributed by atoms with Crippen LogP contribution >= 0.6 is 11.8 Å². The van der Waals surface area contributed by atoms with Crippen molar-refractivity contribution >= 4 is 23.8 Å². The van der Waals surface area contributed by atoms with Crippen LogP contribution in [0.2, 0.25) is 0 Å². The number of alkyl carbamates (subject to hydrolysis) is 1. The van der Waals surface area contributed by atoms with Gasteiger partial charge in [0.2, 0.25) is 0 Å². The van der Waals surface area contributed by atoms with E-state index in [1.807, 2.05) is 27.0 Å². The minimum atomic E-state index is -0.644. The van der Waals surface area contributed by atoms with Crippen LogP contribution in [0, 0.1) is 11.3 Å². The number of hydrogen-bond acceptors (Lipinski definition) is 5. The van der Waals surface area contributed by atoms with Gasteiger partial charge >= 0.3 is 12.1 Å². The van der Waals surface area contributed by atoms with E-state index in [4.69, 9.17) is 9.47 Å². The predicted molar refractivity (Wildman–Crippen MR) is 95.8 cm³/mol. The Kier molecular flexibility index (Phi) is 11.1. The second-order valence-corrected chi connectivity index (χ2v) is 8.30. The van der Waals surface area contributed by atoms with E-state index < -0.39 is 12.1 Å². The average Bonchev–Trinajstić information content (AvgIpc) is 2.44. The van der Waals surface area contributed by atoms with Crippen LogP contribution in [0.3, 0.4) is 0 Å². The normalized spacial score (nSPS) is 12.8. The highest BCUT2D eigenvalue weighted by Gasteiger charge is 2.23. The van der Waals surface area contributed by atoms with Gasteiger partial charge in [0.05, 0.1) is 13.2 Å². The fraction of sp³-hybridized carbons (Fsp3) is 0.882. The molecule has 1 atom stereocenters. The van der Waals surface area contributed by atoms with Gasteiger partial charge in [-0.25, -0.2) is 9.59 Å². The molecule has 0 aliphatic rings. The van der Waals surface area contributed by atoms with E-state index in [2.05, 4.69) is 19.2 Å². The highest BCUT2D eigenvalue weighted by atomic mass is 32.2. The maximum Gasteiger partial charge on any atom is 0.407 e. The largest absolute Gasteiger partial charge is 0.464 e. The summed E-state index contributed by atoms with van der Waals surface area (Å²) in [4.78, 5) is 24.0. The van der Waals surface area contributed by atoms with E-state index in [1.54, 1.807) is 11.8 Å². The first kappa shape index (κ1) is 22.1. The zero-order valence-corrected chi connectivity index (χ0v) is 16.3. The molecule has 0 spiro atoms. The predicted octanol–water partition coefficient (Wildman–Crippen LogP) is 3.86. The maximum atomic E-state index is 12.1. The number of nitrogens with one attached hydrogen (secondary N) is 1. The monoisotopic (exact) mass is 347 g/mol. The Bertz CT molecular complexity index is 353. The van der Waals surface area contributed by atoms with E-state index in [9.17, 15) is 9.59 Å². The summed E-state index contributed by atoms with van der Waals surface area (Å²) in [5.41, 5.74) is -0.108. The van der Waals surface area contributed by atoms with Gasteiger partial charge in [-0.15, -0.1) is 0 Å². The van der Waals surface area contributed by atoms with Crippen molar-refractivity contribution in [2.75, 3.05) is 25.2 Å². The van der Waals surface area contributed by atoms with Crippen LogP contribution in [0.4, 0.5) is 4.79 Å². The fourth-order valence-corrected chi connectivity index (χ4v) is 2.19. The summed E-state index contributed by atoms with van der Waals surface area (Å²) < 4.78 is 10.4. The molecular formula is C17H33NO4S. The molecule has 0 saturated carbocycles. The van der Waals surface area contributed by atoms with Crippen molar-refractivity contribution in [3.05, 3.63) is 0 Å². The smallest absolute Gasteiger partial charge is 0.407 e. The third-order valence-electron chi connectivity index (χ3n) is 2.99. The number of carbonyl (C=O) groups excluding carboxylic acids is 2. The van der Waals surface area contributed by atoms with Crippen molar-refractivity contribution in [2.45, 2.75) is 59.9 Å². The molecule has 0 saturated heterocycles. The third kappa shape index (κ3) is 13.2. The van der Waals surface area contributed by atoms with Crippen LogP contribution in [0.5, 0.6) is 0 Å². The number of rotatable bonds is 10. The number of amides is 1. The number of hydrogen-bond donors (Lipinski definition) is 1. The second-order valence-electron chi connectivity index (χ2n) is 7.32. The average molecular weight is 348 g/mol. The highest BCUT2D eigenvalue weighted by Crippen LogP contribution is 2.13. The molecule has 0 fully saturated rings. The van der Waals surface area contributed by atoms with Gasteiger partial charge in [0.1, 0.15) is 6.04 Å². The Labute approximate surface area is 145 Å². The van der Waals surface area contributed by atoms with Gasteiger partial charge < -0.3 is 14.8 Å². The molecule has 1 N–H and O–H groups in total. The molecule has 0 rings (SSSR count). The summed E-state index contributed by atoms with van der Waals surface area (Å²) in [6.45, 7) is 10.9. The molecule has 0 bridgehead atoms. The third-order valence-corrected chi connectivity index (χ3v) is 3.64. The molecule has 0 aromatic rings. The number of carbonyl (C=O) groups is 2. The summed E-state index contributed by atoms with van der Waals surface area (Å²) in [5.74, 6) is 0.979. The minimum absolute atomic E-state index is 0.108. The van der Waals surface area contributed by atoms with Gasteiger partial charge in [0.25, 0.3) is 0 Å². The quantitative estimate of drug-likeness (QED) is 0.480. The first-order valence-electron chi connectivity index (χ1n) is 8.24. The molecule has 0 aliphatic carbocycles. The Balaban J connectivity index is 4.32. The van der Waals surface area contributed by atoms with Gasteiger partial charge in [0.15, 0.2) is 0 Å². The second kappa shape index (κ2) is 11.6. The number of esters is 1. The van der Waals surface area contributed by atoms with Gasteiger partial charge in [-0.05, 0) is 42.6 Å². The Morgan fingerprint density at radius 1 is 1.13 bits per heavy atom. The van der Waals surface area contributed by atoms with Gasteiger partial charge in [-0.2, -0.15) is 11.8 Å². The molecule has 0 aromatic carbocycles. The Morgan fingerprint density at radius 2 is 1.78 bits per heavy atom. The molecule has 6 heteroatoms. The van der Waals surface area contributed by atoms with E-state index in [-0.39, 0.29) is 11.4 Å². The lowest BCUT2D eigenvalue weighted by molar-refractivity contribution is -0.146. The van der Waals surface area contributed by atoms with Crippen LogP contribution in [0.15, 0.2) is 0 Å². The SMILES string of the molecule is CSCCC(NC(=O)OCC(C)(C)C)C(=O)OCCCC(C)C. The lowest BCUT2D eigenvalue weighted by atomic mass is 9.99. The molecule has 1 amide bonds. The molecule has 0 heterocycles. The zero-order chi connectivity index (χ0) is 17.9. The molecule has 0 aliphatic heterocycles. The lowest BCUT2D eigenvalue weighted by Crippen LogP contribution is -2.43. The van der Waals surface area contributed by atoms with Crippen molar-refractivity contribution in [3.8, 4) is 0 Å². The maximum absolute atomic E-state index is 12.1. The first-order chi connectivity index (χ1) is 10.7. The molecular weight excluding hydrogens is 314 g/mol. The van der Waals surface area contributed by atoms with Crippen molar-refractivity contribution < 1.29 is 19.1 Å². The molecule has 5 nitrogen and oxygen atoms in total. The summed E-state index contributed by atoms with van der Waals surface area (Å²) in [6, 6.07) is -0.644. The summed E-state index contributed by atoms with van der Waals surface area (Å²) in [7, 11) is 0. The molecule has 23 heavy (non-hydrogen) atoms. The van der Waals surface area contributed by atoms with E-state index >= 15 is 0 Å². The van der Waals surface area contributed by atoms with Crippen molar-refractivity contribution in [1.82, 2.24) is 5.32 Å². The molecule has 136 valence electrons. The fourth-order valence-electron chi connectivity index (χ4n) is 1.72. The van der Waals surface area contributed by atoms with E-state index in [0.29, 0.717) is 25.6 Å². The van der Waals surface area contributed by atoms with Crippen molar-refractivity contribution in [3.63, 3.8) is 0 Å². The Morgan fingerprint density at radius 3 is 2.30 bits per heavy atom. The van der Waals surface area contributed by atoms with Gasteiger partial charge in [-0.3, -0.25) is 0 Å². The van der Waals surface area contributed by atoms with Crippen molar-refractivity contribution in [2.24, 2.45) is 11.3 Å². The number of ether oxygens (including phenoxy) is 2. The van der Waals surface area contributed by atoms with Crippen molar-refractivity contribution in [1.29, 1.82) is 0 Å². The standard InChI is InChI=1S/C17H33NO4S/c1-13(2)8-7-10-21-15(19)14(9-11-23-6)18-16(20)22-12-17(3,4)5/h13-14H,7-12H2,1-6H3,(H,18,20). The topological polar surface area (TPSA) is 64.6 Å². The minimum Gasteiger partial charge on any atom is -0.464 e. The molecule has 1 unspecified atom stereocenters.